The van der Waals surface area contributed by atoms with E-state index in [2.05, 4.69) is 16.6 Å². The van der Waals surface area contributed by atoms with Crippen molar-refractivity contribution < 1.29 is 17.9 Å². The molecule has 3 rings (SSSR count). The number of nitrogens with one attached hydrogen (secondary N) is 1. The Bertz CT molecular complexity index is 872. The number of aryl methyl sites for hydroxylation is 1. The summed E-state index contributed by atoms with van der Waals surface area (Å²) >= 11 is 1.18. The molecule has 0 spiro atoms. The summed E-state index contributed by atoms with van der Waals surface area (Å²) in [6.45, 7) is 4.36. The van der Waals surface area contributed by atoms with Gasteiger partial charge in [0.25, 0.3) is 10.0 Å². The third kappa shape index (κ3) is 5.27. The van der Waals surface area contributed by atoms with Crippen LogP contribution in [0.5, 0.6) is 0 Å². The molecule has 0 bridgehead atoms. The number of rotatable bonds is 7. The first kappa shape index (κ1) is 19.8. The quantitative estimate of drug-likeness (QED) is 0.758. The number of sulfonamides is 1. The highest BCUT2D eigenvalue weighted by atomic mass is 32.2. The molecule has 1 aromatic carbocycles. The second kappa shape index (κ2) is 8.81. The number of thiazole rings is 1. The number of hydrogen-bond acceptors (Lipinski definition) is 6. The van der Waals surface area contributed by atoms with E-state index in [9.17, 15) is 13.2 Å². The lowest BCUT2D eigenvalue weighted by atomic mass is 10.1. The van der Waals surface area contributed by atoms with Gasteiger partial charge in [0.1, 0.15) is 0 Å². The van der Waals surface area contributed by atoms with Crippen molar-refractivity contribution in [2.24, 2.45) is 0 Å². The Kier molecular flexibility index (Phi) is 6.46. The van der Waals surface area contributed by atoms with Gasteiger partial charge in [-0.2, -0.15) is 0 Å². The Hall–Kier alpha value is -1.97. The third-order valence-corrected chi connectivity index (χ3v) is 6.63. The number of morpholine rings is 1. The summed E-state index contributed by atoms with van der Waals surface area (Å²) in [4.78, 5) is 19.1. The third-order valence-electron chi connectivity index (χ3n) is 4.24. The van der Waals surface area contributed by atoms with Gasteiger partial charge in [-0.05, 0) is 24.1 Å². The van der Waals surface area contributed by atoms with E-state index in [4.69, 9.17) is 4.74 Å². The number of aromatic nitrogens is 1. The minimum atomic E-state index is -3.69. The predicted octanol–water partition coefficient (Wildman–Crippen LogP) is 2.30. The molecule has 0 unspecified atom stereocenters. The highest BCUT2D eigenvalue weighted by molar-refractivity contribution is 7.93. The van der Waals surface area contributed by atoms with E-state index >= 15 is 0 Å². The Morgan fingerprint density at radius 3 is 2.63 bits per heavy atom. The molecule has 1 amide bonds. The molecular formula is C18H23N3O4S2. The molecule has 9 heteroatoms. The van der Waals surface area contributed by atoms with Crippen LogP contribution in [0.3, 0.4) is 0 Å². The number of carbonyl (C=O) groups is 1. The number of ether oxygens (including phenoxy) is 1. The predicted molar refractivity (Wildman–Crippen MR) is 104 cm³/mol. The Morgan fingerprint density at radius 2 is 1.96 bits per heavy atom. The van der Waals surface area contributed by atoms with Gasteiger partial charge in [0, 0.05) is 24.2 Å². The normalized spacial score (nSPS) is 14.9. The van der Waals surface area contributed by atoms with Crippen molar-refractivity contribution in [3.63, 3.8) is 0 Å². The molecule has 1 N–H and O–H groups in total. The molecule has 2 aromatic rings. The minimum absolute atomic E-state index is 0.00266. The molecule has 1 aliphatic heterocycles. The van der Waals surface area contributed by atoms with Crippen molar-refractivity contribution in [1.82, 2.24) is 9.88 Å². The maximum atomic E-state index is 12.5. The standard InChI is InChI=1S/C18H23N3O4S2/c1-2-3-14-4-6-16(7-5-14)27(23,24)20-18-19-13-15(26-18)12-17(22)21-8-10-25-11-9-21/h4-7,13H,2-3,8-12H2,1H3,(H,19,20). The van der Waals surface area contributed by atoms with Crippen molar-refractivity contribution in [2.75, 3.05) is 31.0 Å². The number of carbonyl (C=O) groups excluding carboxylic acids is 1. The maximum absolute atomic E-state index is 12.5. The van der Waals surface area contributed by atoms with Gasteiger partial charge in [-0.15, -0.1) is 11.3 Å². The van der Waals surface area contributed by atoms with Gasteiger partial charge in [0.2, 0.25) is 5.91 Å². The molecule has 0 aliphatic carbocycles. The van der Waals surface area contributed by atoms with Gasteiger partial charge >= 0.3 is 0 Å². The van der Waals surface area contributed by atoms with Crippen molar-refractivity contribution in [2.45, 2.75) is 31.1 Å². The molecule has 1 aromatic heterocycles. The number of nitrogens with zero attached hydrogens (tertiary/aromatic N) is 2. The number of amides is 1. The topological polar surface area (TPSA) is 88.6 Å². The van der Waals surface area contributed by atoms with E-state index in [1.807, 2.05) is 12.1 Å². The molecule has 146 valence electrons. The van der Waals surface area contributed by atoms with Crippen LogP contribution in [-0.2, 0) is 32.4 Å². The summed E-state index contributed by atoms with van der Waals surface area (Å²) in [5, 5.41) is 0.261. The fraction of sp³-hybridized carbons (Fsp3) is 0.444. The van der Waals surface area contributed by atoms with Gasteiger partial charge in [-0.25, -0.2) is 13.4 Å². The van der Waals surface area contributed by atoms with Gasteiger partial charge in [0.05, 0.1) is 24.5 Å². The average Bonchev–Trinajstić information content (AvgIpc) is 3.09. The van der Waals surface area contributed by atoms with Crippen LogP contribution in [0.4, 0.5) is 5.13 Å². The highest BCUT2D eigenvalue weighted by Crippen LogP contribution is 2.23. The fourth-order valence-electron chi connectivity index (χ4n) is 2.81. The number of benzene rings is 1. The van der Waals surface area contributed by atoms with Crippen LogP contribution in [-0.4, -0.2) is 50.5 Å². The first-order valence-corrected chi connectivity index (χ1v) is 11.2. The molecule has 0 radical (unpaired) electrons. The highest BCUT2D eigenvalue weighted by Gasteiger charge is 2.20. The summed E-state index contributed by atoms with van der Waals surface area (Å²) in [5.41, 5.74) is 1.11. The van der Waals surface area contributed by atoms with Crippen LogP contribution >= 0.6 is 11.3 Å². The Labute approximate surface area is 163 Å². The molecule has 7 nitrogen and oxygen atoms in total. The number of hydrogen-bond donors (Lipinski definition) is 1. The molecule has 1 fully saturated rings. The van der Waals surface area contributed by atoms with Gasteiger partial charge in [-0.1, -0.05) is 25.5 Å². The van der Waals surface area contributed by atoms with Crippen LogP contribution in [0, 0.1) is 0 Å². The van der Waals surface area contributed by atoms with Gasteiger partial charge in [0.15, 0.2) is 5.13 Å². The lowest BCUT2D eigenvalue weighted by molar-refractivity contribution is -0.134. The van der Waals surface area contributed by atoms with Crippen molar-refractivity contribution >= 4 is 32.4 Å². The first-order chi connectivity index (χ1) is 13.0. The zero-order chi connectivity index (χ0) is 19.3. The fourth-order valence-corrected chi connectivity index (χ4v) is 4.85. The molecule has 27 heavy (non-hydrogen) atoms. The Balaban J connectivity index is 1.62. The van der Waals surface area contributed by atoms with E-state index in [0.717, 1.165) is 23.3 Å². The van der Waals surface area contributed by atoms with Gasteiger partial charge < -0.3 is 9.64 Å². The minimum Gasteiger partial charge on any atom is -0.378 e. The zero-order valence-corrected chi connectivity index (χ0v) is 16.8. The van der Waals surface area contributed by atoms with Crippen molar-refractivity contribution in [3.05, 3.63) is 40.9 Å². The van der Waals surface area contributed by atoms with Crippen LogP contribution < -0.4 is 4.72 Å². The van der Waals surface area contributed by atoms with E-state index in [1.165, 1.54) is 11.3 Å². The molecule has 2 heterocycles. The lowest BCUT2D eigenvalue weighted by Gasteiger charge is -2.26. The summed E-state index contributed by atoms with van der Waals surface area (Å²) < 4.78 is 32.8. The van der Waals surface area contributed by atoms with Crippen LogP contribution in [0.1, 0.15) is 23.8 Å². The van der Waals surface area contributed by atoms with Crippen molar-refractivity contribution in [3.8, 4) is 0 Å². The monoisotopic (exact) mass is 409 g/mol. The molecule has 0 atom stereocenters. The SMILES string of the molecule is CCCc1ccc(S(=O)(=O)Nc2ncc(CC(=O)N3CCOCC3)s2)cc1. The summed E-state index contributed by atoms with van der Waals surface area (Å²) in [6, 6.07) is 6.85. The van der Waals surface area contributed by atoms with E-state index in [0.29, 0.717) is 26.3 Å². The van der Waals surface area contributed by atoms with Crippen LogP contribution in [0.25, 0.3) is 0 Å². The number of anilines is 1. The summed E-state index contributed by atoms with van der Waals surface area (Å²) in [6.07, 6.45) is 3.69. The van der Waals surface area contributed by atoms with Gasteiger partial charge in [-0.3, -0.25) is 9.52 Å². The van der Waals surface area contributed by atoms with E-state index in [1.54, 1.807) is 23.2 Å². The second-order valence-corrected chi connectivity index (χ2v) is 9.10. The van der Waals surface area contributed by atoms with E-state index in [-0.39, 0.29) is 22.4 Å². The summed E-state index contributed by atoms with van der Waals surface area (Å²) in [5.74, 6) is 0.00266. The summed E-state index contributed by atoms with van der Waals surface area (Å²) in [7, 11) is -3.69. The van der Waals surface area contributed by atoms with Crippen LogP contribution in [0.15, 0.2) is 35.4 Å². The van der Waals surface area contributed by atoms with Crippen LogP contribution in [0.2, 0.25) is 0 Å². The molecular weight excluding hydrogens is 386 g/mol. The smallest absolute Gasteiger partial charge is 0.263 e. The second-order valence-electron chi connectivity index (χ2n) is 6.30. The van der Waals surface area contributed by atoms with Crippen molar-refractivity contribution in [1.29, 1.82) is 0 Å². The molecule has 1 saturated heterocycles. The largest absolute Gasteiger partial charge is 0.378 e. The maximum Gasteiger partial charge on any atom is 0.263 e. The molecule has 1 aliphatic rings. The first-order valence-electron chi connectivity index (χ1n) is 8.90. The zero-order valence-electron chi connectivity index (χ0n) is 15.2. The molecule has 0 saturated carbocycles. The lowest BCUT2D eigenvalue weighted by Crippen LogP contribution is -2.41. The Morgan fingerprint density at radius 1 is 1.26 bits per heavy atom. The van der Waals surface area contributed by atoms with E-state index < -0.39 is 10.0 Å². The average molecular weight is 410 g/mol.